The van der Waals surface area contributed by atoms with Crippen LogP contribution >= 0.6 is 11.6 Å². The van der Waals surface area contributed by atoms with E-state index in [0.29, 0.717) is 5.92 Å². The second-order valence-electron chi connectivity index (χ2n) is 1.67. The summed E-state index contributed by atoms with van der Waals surface area (Å²) < 4.78 is 0. The molecule has 0 heterocycles. The Hall–Kier alpha value is -0.490. The molecule has 8 heavy (non-hydrogen) atoms. The highest BCUT2D eigenvalue weighted by atomic mass is 35.5. The summed E-state index contributed by atoms with van der Waals surface area (Å²) in [5.41, 5.74) is 1.55. The first-order valence-corrected chi connectivity index (χ1v) is 2.99. The fourth-order valence-corrected chi connectivity index (χ4v) is 0.829. The monoisotopic (exact) mass is 126 g/mol. The van der Waals surface area contributed by atoms with E-state index < -0.39 is 0 Å². The zero-order valence-electron chi connectivity index (χ0n) is 4.42. The fourth-order valence-electron chi connectivity index (χ4n) is 0.661. The molecule has 1 rings (SSSR count). The molecule has 1 heteroatoms. The average molecular weight is 127 g/mol. The van der Waals surface area contributed by atoms with Crippen molar-refractivity contribution in [3.8, 4) is 0 Å². The van der Waals surface area contributed by atoms with E-state index in [1.165, 1.54) is 0 Å². The van der Waals surface area contributed by atoms with Gasteiger partial charge < -0.3 is 0 Å². The zero-order valence-corrected chi connectivity index (χ0v) is 5.18. The summed E-state index contributed by atoms with van der Waals surface area (Å²) in [5, 5.41) is 0. The van der Waals surface area contributed by atoms with E-state index in [2.05, 4.69) is 12.2 Å². The second kappa shape index (κ2) is 2.73. The summed E-state index contributed by atoms with van der Waals surface area (Å²) in [7, 11) is 0. The minimum absolute atomic E-state index is 0.437. The fraction of sp³-hybridized carbons (Fsp3) is 0.143. The third-order valence-corrected chi connectivity index (χ3v) is 1.22. The van der Waals surface area contributed by atoms with Gasteiger partial charge in [0.15, 0.2) is 0 Å². The lowest BCUT2D eigenvalue weighted by Gasteiger charge is -1.89. The largest absolute Gasteiger partial charge is 0.0933 e. The highest BCUT2D eigenvalue weighted by Gasteiger charge is 1.94. The summed E-state index contributed by atoms with van der Waals surface area (Å²) in [6.45, 7) is 0. The van der Waals surface area contributed by atoms with Crippen molar-refractivity contribution in [3.63, 3.8) is 0 Å². The molecule has 0 N–H and O–H groups in total. The van der Waals surface area contributed by atoms with Crippen LogP contribution in [0.2, 0.25) is 0 Å². The molecule has 0 radical (unpaired) electrons. The van der Waals surface area contributed by atoms with Crippen LogP contribution in [0.5, 0.6) is 0 Å². The molecule has 0 aromatic heterocycles. The molecule has 0 spiro atoms. The summed E-state index contributed by atoms with van der Waals surface area (Å²) in [5.74, 6) is 0.437. The van der Waals surface area contributed by atoms with Gasteiger partial charge in [-0.05, 0) is 0 Å². The van der Waals surface area contributed by atoms with Gasteiger partial charge in [0.05, 0.1) is 0 Å². The summed E-state index contributed by atoms with van der Waals surface area (Å²) >= 11 is 5.33. The van der Waals surface area contributed by atoms with Crippen LogP contribution in [0.3, 0.4) is 0 Å². The Labute approximate surface area is 54.2 Å². The average Bonchev–Trinajstić information content (AvgIpc) is 2.19. The highest BCUT2D eigenvalue weighted by molar-refractivity contribution is 6.25. The van der Waals surface area contributed by atoms with Crippen molar-refractivity contribution in [2.45, 2.75) is 0 Å². The lowest BCUT2D eigenvalue weighted by Crippen LogP contribution is -1.77. The molecule has 0 bridgehead atoms. The van der Waals surface area contributed by atoms with E-state index in [4.69, 9.17) is 11.6 Å². The van der Waals surface area contributed by atoms with Gasteiger partial charge in [-0.15, -0.1) is 0 Å². The summed E-state index contributed by atoms with van der Waals surface area (Å²) in [6, 6.07) is 0. The molecule has 0 unspecified atom stereocenters. The molecule has 42 valence electrons. The first-order chi connectivity index (χ1) is 3.93. The molecule has 0 aliphatic heterocycles. The number of hydrogen-bond acceptors (Lipinski definition) is 0. The number of halogens is 1. The number of hydrogen-bond donors (Lipinski definition) is 0. The van der Waals surface area contributed by atoms with Gasteiger partial charge >= 0.3 is 0 Å². The van der Waals surface area contributed by atoms with Gasteiger partial charge in [0.2, 0.25) is 0 Å². The van der Waals surface area contributed by atoms with Crippen molar-refractivity contribution in [2.75, 3.05) is 0 Å². The maximum atomic E-state index is 5.33. The van der Waals surface area contributed by atoms with E-state index in [-0.39, 0.29) is 0 Å². The highest BCUT2D eigenvalue weighted by Crippen LogP contribution is 2.09. The van der Waals surface area contributed by atoms with Crippen LogP contribution in [0.25, 0.3) is 0 Å². The molecule has 0 nitrogen and oxygen atoms in total. The first-order valence-electron chi connectivity index (χ1n) is 2.55. The second-order valence-corrected chi connectivity index (χ2v) is 1.92. The topological polar surface area (TPSA) is 0 Å². The van der Waals surface area contributed by atoms with Crippen molar-refractivity contribution in [1.82, 2.24) is 0 Å². The number of allylic oxidation sites excluding steroid dienone is 5. The maximum absolute atomic E-state index is 5.33. The molecule has 1 aliphatic carbocycles. The number of rotatable bonds is 1. The Balaban J connectivity index is 2.49. The van der Waals surface area contributed by atoms with Crippen LogP contribution in [0.4, 0.5) is 0 Å². The van der Waals surface area contributed by atoms with Crippen LogP contribution in [-0.4, -0.2) is 0 Å². The predicted molar refractivity (Wildman–Crippen MR) is 36.8 cm³/mol. The van der Waals surface area contributed by atoms with Gasteiger partial charge in [-0.3, -0.25) is 0 Å². The van der Waals surface area contributed by atoms with Crippen molar-refractivity contribution >= 4 is 11.6 Å². The van der Waals surface area contributed by atoms with Gasteiger partial charge in [-0.2, -0.15) is 0 Å². The molecule has 0 fully saturated rings. The summed E-state index contributed by atoms with van der Waals surface area (Å²) in [4.78, 5) is 0. The standard InChI is InChI=1S/C7H7Cl/c8-6-5-7-3-1-2-4-7/h1-7H. The Kier molecular flexibility index (Phi) is 1.93. The van der Waals surface area contributed by atoms with Crippen molar-refractivity contribution in [3.05, 3.63) is 35.9 Å². The summed E-state index contributed by atoms with van der Waals surface area (Å²) in [6.07, 6.45) is 10.1. The van der Waals surface area contributed by atoms with Crippen LogP contribution < -0.4 is 0 Å². The van der Waals surface area contributed by atoms with Crippen LogP contribution in [0.1, 0.15) is 0 Å². The van der Waals surface area contributed by atoms with Gasteiger partial charge in [-0.25, -0.2) is 0 Å². The van der Waals surface area contributed by atoms with Crippen LogP contribution in [0, 0.1) is 5.92 Å². The van der Waals surface area contributed by atoms with Gasteiger partial charge in [0.1, 0.15) is 0 Å². The molecule has 0 atom stereocenters. The Bertz CT molecular complexity index is 130. The van der Waals surface area contributed by atoms with E-state index in [0.717, 1.165) is 0 Å². The van der Waals surface area contributed by atoms with Gasteiger partial charge in [-0.1, -0.05) is 42.0 Å². The Morgan fingerprint density at radius 3 is 2.38 bits per heavy atom. The minimum atomic E-state index is 0.437. The quantitative estimate of drug-likeness (QED) is 0.507. The molecule has 0 aromatic rings. The Morgan fingerprint density at radius 2 is 1.88 bits per heavy atom. The molecular formula is C7H7Cl. The third-order valence-electron chi connectivity index (χ3n) is 1.07. The van der Waals surface area contributed by atoms with Crippen molar-refractivity contribution in [1.29, 1.82) is 0 Å². The molecular weight excluding hydrogens is 120 g/mol. The lowest BCUT2D eigenvalue weighted by atomic mass is 10.2. The van der Waals surface area contributed by atoms with Crippen molar-refractivity contribution in [2.24, 2.45) is 5.92 Å². The zero-order chi connectivity index (χ0) is 5.82. The normalized spacial score (nSPS) is 19.1. The first kappa shape index (κ1) is 5.64. The van der Waals surface area contributed by atoms with Gasteiger partial charge in [0.25, 0.3) is 0 Å². The maximum Gasteiger partial charge on any atom is 0.0145 e. The van der Waals surface area contributed by atoms with E-state index >= 15 is 0 Å². The van der Waals surface area contributed by atoms with Crippen molar-refractivity contribution < 1.29 is 0 Å². The predicted octanol–water partition coefficient (Wildman–Crippen LogP) is 2.48. The van der Waals surface area contributed by atoms with E-state index in [9.17, 15) is 0 Å². The molecule has 0 aromatic carbocycles. The molecule has 0 saturated heterocycles. The lowest BCUT2D eigenvalue weighted by molar-refractivity contribution is 1.10. The molecule has 1 aliphatic rings. The Morgan fingerprint density at radius 1 is 1.25 bits per heavy atom. The SMILES string of the molecule is ClC=CC1C=CC=C1. The smallest absolute Gasteiger partial charge is 0.0145 e. The van der Waals surface area contributed by atoms with Crippen LogP contribution in [0.15, 0.2) is 35.9 Å². The van der Waals surface area contributed by atoms with Crippen LogP contribution in [-0.2, 0) is 0 Å². The molecule has 0 amide bonds. The van der Waals surface area contributed by atoms with Gasteiger partial charge in [0, 0.05) is 11.5 Å². The van der Waals surface area contributed by atoms with E-state index in [1.54, 1.807) is 5.54 Å². The third kappa shape index (κ3) is 1.24. The minimum Gasteiger partial charge on any atom is -0.0933 e. The molecule has 0 saturated carbocycles. The van der Waals surface area contributed by atoms with E-state index in [1.807, 2.05) is 18.2 Å².